The van der Waals surface area contributed by atoms with Gasteiger partial charge in [-0.15, -0.1) is 0 Å². The zero-order chi connectivity index (χ0) is 21.6. The van der Waals surface area contributed by atoms with Gasteiger partial charge in [0.05, 0.1) is 0 Å². The summed E-state index contributed by atoms with van der Waals surface area (Å²) >= 11 is 0. The lowest BCUT2D eigenvalue weighted by Crippen LogP contribution is -2.40. The highest BCUT2D eigenvalue weighted by Gasteiger charge is 2.39. The van der Waals surface area contributed by atoms with Crippen molar-refractivity contribution in [1.29, 1.82) is 0 Å². The molecule has 31 heavy (non-hydrogen) atoms. The average molecular weight is 404 g/mol. The minimum atomic E-state index is -0.0224. The quantitative estimate of drug-likeness (QED) is 0.311. The van der Waals surface area contributed by atoms with Crippen LogP contribution in [0.15, 0.2) is 97.1 Å². The van der Waals surface area contributed by atoms with Crippen LogP contribution in [0.2, 0.25) is 0 Å². The fourth-order valence-corrected chi connectivity index (χ4v) is 4.54. The van der Waals surface area contributed by atoms with E-state index in [4.69, 9.17) is 0 Å². The standard InChI is InChI=1S/C30H29N/c1-29(2)25-13-5-21(6-14-25)23-9-17-27(18-10-23)31-28-19-11-24(12-20-28)22-7-15-26(16-8-22)30(29,3)4/h5-20,31H,1-4H3. The monoisotopic (exact) mass is 403 g/mol. The van der Waals surface area contributed by atoms with Gasteiger partial charge in [-0.1, -0.05) is 100 Å². The van der Waals surface area contributed by atoms with E-state index < -0.39 is 0 Å². The van der Waals surface area contributed by atoms with Crippen LogP contribution in [0.1, 0.15) is 38.8 Å². The minimum absolute atomic E-state index is 0.0224. The van der Waals surface area contributed by atoms with E-state index in [1.807, 2.05) is 0 Å². The van der Waals surface area contributed by atoms with Crippen LogP contribution >= 0.6 is 0 Å². The van der Waals surface area contributed by atoms with E-state index in [0.29, 0.717) is 0 Å². The molecule has 7 aliphatic rings. The molecular weight excluding hydrogens is 374 g/mol. The van der Waals surface area contributed by atoms with Crippen LogP contribution in [-0.4, -0.2) is 0 Å². The predicted molar refractivity (Wildman–Crippen MR) is 133 cm³/mol. The first-order valence-corrected chi connectivity index (χ1v) is 11.0. The molecule has 0 saturated heterocycles. The smallest absolute Gasteiger partial charge is 0.0384 e. The van der Waals surface area contributed by atoms with Crippen molar-refractivity contribution < 1.29 is 0 Å². The van der Waals surface area contributed by atoms with Crippen LogP contribution in [0.3, 0.4) is 0 Å². The zero-order valence-corrected chi connectivity index (χ0v) is 18.7. The Kier molecular flexibility index (Phi) is 4.51. The van der Waals surface area contributed by atoms with Gasteiger partial charge in [0.15, 0.2) is 0 Å². The second-order valence-corrected chi connectivity index (χ2v) is 9.68. The van der Waals surface area contributed by atoms with Gasteiger partial charge >= 0.3 is 0 Å². The lowest BCUT2D eigenvalue weighted by molar-refractivity contribution is 0.303. The maximum atomic E-state index is 3.51. The lowest BCUT2D eigenvalue weighted by Gasteiger charge is -2.43. The van der Waals surface area contributed by atoms with Gasteiger partial charge in [-0.3, -0.25) is 0 Å². The highest BCUT2D eigenvalue weighted by molar-refractivity contribution is 5.71. The van der Waals surface area contributed by atoms with Crippen LogP contribution < -0.4 is 5.32 Å². The summed E-state index contributed by atoms with van der Waals surface area (Å²) in [4.78, 5) is 0. The number of benzene rings is 4. The maximum Gasteiger partial charge on any atom is 0.0384 e. The minimum Gasteiger partial charge on any atom is -0.356 e. The van der Waals surface area contributed by atoms with Gasteiger partial charge in [0.25, 0.3) is 0 Å². The van der Waals surface area contributed by atoms with Crippen molar-refractivity contribution >= 4 is 11.4 Å². The largest absolute Gasteiger partial charge is 0.356 e. The van der Waals surface area contributed by atoms with Gasteiger partial charge in [0.1, 0.15) is 0 Å². The molecule has 0 saturated carbocycles. The summed E-state index contributed by atoms with van der Waals surface area (Å²) in [6, 6.07) is 35.6. The van der Waals surface area contributed by atoms with E-state index in [0.717, 1.165) is 11.4 Å². The normalized spacial score (nSPS) is 15.9. The summed E-state index contributed by atoms with van der Waals surface area (Å²) < 4.78 is 0. The summed E-state index contributed by atoms with van der Waals surface area (Å²) in [5, 5.41) is 3.51. The molecule has 4 aromatic carbocycles. The Morgan fingerprint density at radius 2 is 0.645 bits per heavy atom. The number of hydrogen-bond donors (Lipinski definition) is 1. The van der Waals surface area contributed by atoms with Crippen LogP contribution in [0.4, 0.5) is 11.4 Å². The zero-order valence-electron chi connectivity index (χ0n) is 18.7. The molecule has 0 fully saturated rings. The van der Waals surface area contributed by atoms with Crippen LogP contribution in [0.25, 0.3) is 22.3 Å². The lowest BCUT2D eigenvalue weighted by atomic mass is 9.61. The Morgan fingerprint density at radius 1 is 0.387 bits per heavy atom. The fraction of sp³-hybridized carbons (Fsp3) is 0.200. The molecule has 0 unspecified atom stereocenters. The molecule has 0 aromatic heterocycles. The first kappa shape index (κ1) is 19.6. The predicted octanol–water partition coefficient (Wildman–Crippen LogP) is 8.33. The van der Waals surface area contributed by atoms with Crippen molar-refractivity contribution in [3.8, 4) is 22.3 Å². The van der Waals surface area contributed by atoms with Crippen molar-refractivity contribution in [1.82, 2.24) is 0 Å². The second kappa shape index (κ2) is 7.13. The highest BCUT2D eigenvalue weighted by Crippen LogP contribution is 2.44. The van der Waals surface area contributed by atoms with Gasteiger partial charge in [0.2, 0.25) is 0 Å². The molecule has 0 aliphatic carbocycles. The van der Waals surface area contributed by atoms with Gasteiger partial charge in [-0.05, 0) is 68.5 Å². The van der Waals surface area contributed by atoms with Gasteiger partial charge in [0, 0.05) is 11.4 Å². The molecule has 0 spiro atoms. The van der Waals surface area contributed by atoms with Crippen molar-refractivity contribution in [3.63, 3.8) is 0 Å². The number of nitrogens with one attached hydrogen (secondary N) is 1. The molecule has 4 aromatic rings. The first-order valence-electron chi connectivity index (χ1n) is 11.0. The van der Waals surface area contributed by atoms with E-state index in [-0.39, 0.29) is 10.8 Å². The number of hydrogen-bond acceptors (Lipinski definition) is 1. The molecule has 1 heteroatoms. The summed E-state index contributed by atoms with van der Waals surface area (Å²) in [6.45, 7) is 9.43. The molecule has 1 nitrogen and oxygen atoms in total. The molecule has 0 amide bonds. The average Bonchev–Trinajstić information content (AvgIpc) is 2.80. The maximum absolute atomic E-state index is 3.51. The van der Waals surface area contributed by atoms with E-state index >= 15 is 0 Å². The molecule has 7 aliphatic heterocycles. The summed E-state index contributed by atoms with van der Waals surface area (Å²) in [5.41, 5.74) is 9.82. The van der Waals surface area contributed by atoms with Crippen LogP contribution in [0, 0.1) is 0 Å². The molecular formula is C30H29N. The fourth-order valence-electron chi connectivity index (χ4n) is 4.54. The van der Waals surface area contributed by atoms with Gasteiger partial charge in [-0.25, -0.2) is 0 Å². The number of anilines is 2. The van der Waals surface area contributed by atoms with Crippen LogP contribution in [0.5, 0.6) is 0 Å². The Morgan fingerprint density at radius 3 is 0.935 bits per heavy atom. The van der Waals surface area contributed by atoms with E-state index in [9.17, 15) is 0 Å². The third kappa shape index (κ3) is 3.35. The third-order valence-corrected chi connectivity index (χ3v) is 7.50. The summed E-state index contributed by atoms with van der Waals surface area (Å²) in [7, 11) is 0. The second-order valence-electron chi connectivity index (χ2n) is 9.68. The van der Waals surface area contributed by atoms with E-state index in [1.54, 1.807) is 0 Å². The molecule has 0 radical (unpaired) electrons. The Balaban J connectivity index is 1.68. The topological polar surface area (TPSA) is 12.0 Å². The first-order chi connectivity index (χ1) is 14.8. The van der Waals surface area contributed by atoms with Gasteiger partial charge in [-0.2, -0.15) is 0 Å². The Bertz CT molecular complexity index is 1090. The van der Waals surface area contributed by atoms with Gasteiger partial charge < -0.3 is 5.32 Å². The Labute approximate surface area is 185 Å². The van der Waals surface area contributed by atoms with Crippen molar-refractivity contribution in [2.45, 2.75) is 38.5 Å². The SMILES string of the molecule is CC1(C)c2ccc(cc2)-c2ccc(cc2)Nc2ccc(cc2)-c2ccc(cc2)C1(C)C. The van der Waals surface area contributed by atoms with Crippen molar-refractivity contribution in [3.05, 3.63) is 108 Å². The molecule has 0 atom stereocenters. The summed E-state index contributed by atoms with van der Waals surface area (Å²) in [6.07, 6.45) is 0. The molecule has 8 bridgehead atoms. The summed E-state index contributed by atoms with van der Waals surface area (Å²) in [5.74, 6) is 0. The van der Waals surface area contributed by atoms with Crippen molar-refractivity contribution in [2.24, 2.45) is 0 Å². The van der Waals surface area contributed by atoms with E-state index in [1.165, 1.54) is 33.4 Å². The van der Waals surface area contributed by atoms with E-state index in [2.05, 4.69) is 130 Å². The molecule has 7 heterocycles. The molecule has 1 N–H and O–H groups in total. The molecule has 154 valence electrons. The number of rotatable bonds is 0. The Hall–Kier alpha value is -3.32. The highest BCUT2D eigenvalue weighted by atomic mass is 14.9. The van der Waals surface area contributed by atoms with Crippen molar-refractivity contribution in [2.75, 3.05) is 5.32 Å². The molecule has 11 rings (SSSR count). The van der Waals surface area contributed by atoms with Crippen LogP contribution in [-0.2, 0) is 10.8 Å². The third-order valence-electron chi connectivity index (χ3n) is 7.50.